The quantitative estimate of drug-likeness (QED) is 0.623. The molecular weight excluding hydrogens is 170 g/mol. The molecule has 0 radical (unpaired) electrons. The molecule has 1 aromatic rings. The van der Waals surface area contributed by atoms with E-state index in [2.05, 4.69) is 39.8 Å². The van der Waals surface area contributed by atoms with Crippen LogP contribution in [0.4, 0.5) is 5.69 Å². The summed E-state index contributed by atoms with van der Waals surface area (Å²) in [7, 11) is 0. The SMILES string of the molecule is CC1(C)CC(C)(C)c2c(N)cccc21. The molecule has 0 aliphatic heterocycles. The molecule has 1 aliphatic rings. The average molecular weight is 189 g/mol. The van der Waals surface area contributed by atoms with E-state index in [4.69, 9.17) is 5.73 Å². The minimum Gasteiger partial charge on any atom is -0.398 e. The van der Waals surface area contributed by atoms with Gasteiger partial charge in [-0.25, -0.2) is 0 Å². The third kappa shape index (κ3) is 1.15. The van der Waals surface area contributed by atoms with Gasteiger partial charge >= 0.3 is 0 Å². The molecule has 0 saturated heterocycles. The van der Waals surface area contributed by atoms with Crippen LogP contribution in [0.3, 0.4) is 0 Å². The Morgan fingerprint density at radius 2 is 1.71 bits per heavy atom. The van der Waals surface area contributed by atoms with Crippen LogP contribution >= 0.6 is 0 Å². The second-order valence-electron chi connectivity index (χ2n) is 5.71. The molecular formula is C13H19N. The number of anilines is 1. The zero-order chi connectivity index (χ0) is 10.6. The summed E-state index contributed by atoms with van der Waals surface area (Å²) in [6, 6.07) is 6.31. The van der Waals surface area contributed by atoms with Crippen LogP contribution in [-0.2, 0) is 10.8 Å². The number of hydrogen-bond acceptors (Lipinski definition) is 1. The summed E-state index contributed by atoms with van der Waals surface area (Å²) in [5.41, 5.74) is 10.3. The first-order valence-electron chi connectivity index (χ1n) is 5.24. The maximum atomic E-state index is 6.07. The van der Waals surface area contributed by atoms with E-state index in [0.717, 1.165) is 5.69 Å². The molecule has 1 aliphatic carbocycles. The molecule has 0 spiro atoms. The van der Waals surface area contributed by atoms with Gasteiger partial charge in [-0.1, -0.05) is 39.8 Å². The van der Waals surface area contributed by atoms with Crippen molar-refractivity contribution in [1.82, 2.24) is 0 Å². The van der Waals surface area contributed by atoms with Crippen molar-refractivity contribution in [3.63, 3.8) is 0 Å². The Labute approximate surface area is 86.3 Å². The maximum Gasteiger partial charge on any atom is 0.0355 e. The van der Waals surface area contributed by atoms with Gasteiger partial charge in [0.25, 0.3) is 0 Å². The first-order chi connectivity index (χ1) is 6.34. The summed E-state index contributed by atoms with van der Waals surface area (Å²) in [4.78, 5) is 0. The molecule has 0 fully saturated rings. The molecule has 1 aromatic carbocycles. The van der Waals surface area contributed by atoms with Crippen molar-refractivity contribution in [2.45, 2.75) is 44.9 Å². The molecule has 2 rings (SSSR count). The fourth-order valence-electron chi connectivity index (χ4n) is 3.18. The monoisotopic (exact) mass is 189 g/mol. The number of nitrogens with two attached hydrogens (primary N) is 1. The smallest absolute Gasteiger partial charge is 0.0355 e. The molecule has 2 N–H and O–H groups in total. The molecule has 0 saturated carbocycles. The third-order valence-corrected chi connectivity index (χ3v) is 3.39. The summed E-state index contributed by atoms with van der Waals surface area (Å²) in [6.45, 7) is 9.19. The molecule has 1 heteroatoms. The summed E-state index contributed by atoms with van der Waals surface area (Å²) < 4.78 is 0. The van der Waals surface area contributed by atoms with Gasteiger partial charge in [-0.3, -0.25) is 0 Å². The van der Waals surface area contributed by atoms with Crippen molar-refractivity contribution >= 4 is 5.69 Å². The summed E-state index contributed by atoms with van der Waals surface area (Å²) >= 11 is 0. The van der Waals surface area contributed by atoms with Gasteiger partial charge in [-0.05, 0) is 34.4 Å². The van der Waals surface area contributed by atoms with E-state index in [9.17, 15) is 0 Å². The van der Waals surface area contributed by atoms with Crippen LogP contribution in [0.2, 0.25) is 0 Å². The van der Waals surface area contributed by atoms with Crippen molar-refractivity contribution in [2.24, 2.45) is 0 Å². The molecule has 1 nitrogen and oxygen atoms in total. The van der Waals surface area contributed by atoms with Crippen molar-refractivity contribution in [3.8, 4) is 0 Å². The van der Waals surface area contributed by atoms with E-state index in [1.807, 2.05) is 6.07 Å². The Balaban J connectivity index is 2.72. The Hall–Kier alpha value is -0.980. The van der Waals surface area contributed by atoms with E-state index in [-0.39, 0.29) is 10.8 Å². The summed E-state index contributed by atoms with van der Waals surface area (Å²) in [5.74, 6) is 0. The maximum absolute atomic E-state index is 6.07. The minimum atomic E-state index is 0.226. The van der Waals surface area contributed by atoms with Gasteiger partial charge in [0.2, 0.25) is 0 Å². The largest absolute Gasteiger partial charge is 0.398 e. The van der Waals surface area contributed by atoms with Crippen molar-refractivity contribution in [2.75, 3.05) is 5.73 Å². The lowest BCUT2D eigenvalue weighted by atomic mass is 9.82. The molecule has 0 atom stereocenters. The first kappa shape index (κ1) is 9.57. The molecule has 0 heterocycles. The highest BCUT2D eigenvalue weighted by atomic mass is 14.6. The number of fused-ring (bicyclic) bond motifs is 1. The lowest BCUT2D eigenvalue weighted by Crippen LogP contribution is -2.18. The van der Waals surface area contributed by atoms with Gasteiger partial charge < -0.3 is 5.73 Å². The summed E-state index contributed by atoms with van der Waals surface area (Å²) in [6.07, 6.45) is 1.18. The lowest BCUT2D eigenvalue weighted by molar-refractivity contribution is 0.403. The molecule has 76 valence electrons. The first-order valence-corrected chi connectivity index (χ1v) is 5.24. The van der Waals surface area contributed by atoms with Crippen LogP contribution in [0.25, 0.3) is 0 Å². The fourth-order valence-corrected chi connectivity index (χ4v) is 3.18. The zero-order valence-corrected chi connectivity index (χ0v) is 9.52. The molecule has 0 bridgehead atoms. The molecule has 0 aromatic heterocycles. The van der Waals surface area contributed by atoms with Crippen LogP contribution in [0, 0.1) is 0 Å². The third-order valence-electron chi connectivity index (χ3n) is 3.39. The fraction of sp³-hybridized carbons (Fsp3) is 0.538. The van der Waals surface area contributed by atoms with E-state index in [1.54, 1.807) is 0 Å². The van der Waals surface area contributed by atoms with Crippen molar-refractivity contribution in [1.29, 1.82) is 0 Å². The Bertz CT molecular complexity index is 375. The van der Waals surface area contributed by atoms with Crippen LogP contribution in [-0.4, -0.2) is 0 Å². The number of benzene rings is 1. The van der Waals surface area contributed by atoms with Crippen LogP contribution in [0.1, 0.15) is 45.2 Å². The van der Waals surface area contributed by atoms with Gasteiger partial charge in [0.1, 0.15) is 0 Å². The molecule has 0 amide bonds. The Morgan fingerprint density at radius 1 is 1.07 bits per heavy atom. The average Bonchev–Trinajstić information content (AvgIpc) is 2.18. The van der Waals surface area contributed by atoms with E-state index >= 15 is 0 Å². The van der Waals surface area contributed by atoms with Crippen LogP contribution in [0.5, 0.6) is 0 Å². The van der Waals surface area contributed by atoms with Crippen LogP contribution in [0.15, 0.2) is 18.2 Å². The lowest BCUT2D eigenvalue weighted by Gasteiger charge is -2.22. The van der Waals surface area contributed by atoms with Gasteiger partial charge in [-0.2, -0.15) is 0 Å². The van der Waals surface area contributed by atoms with Gasteiger partial charge in [0, 0.05) is 5.69 Å². The minimum absolute atomic E-state index is 0.226. The highest BCUT2D eigenvalue weighted by Crippen LogP contribution is 2.51. The van der Waals surface area contributed by atoms with E-state index < -0.39 is 0 Å². The number of hydrogen-bond donors (Lipinski definition) is 1. The molecule has 0 unspecified atom stereocenters. The predicted octanol–water partition coefficient (Wildman–Crippen LogP) is 3.23. The van der Waals surface area contributed by atoms with Crippen molar-refractivity contribution < 1.29 is 0 Å². The predicted molar refractivity (Wildman–Crippen MR) is 61.5 cm³/mol. The van der Waals surface area contributed by atoms with Gasteiger partial charge in [0.15, 0.2) is 0 Å². The highest BCUT2D eigenvalue weighted by molar-refractivity contribution is 5.59. The number of nitrogen functional groups attached to an aromatic ring is 1. The Kier molecular flexibility index (Phi) is 1.73. The highest BCUT2D eigenvalue weighted by Gasteiger charge is 2.42. The van der Waals surface area contributed by atoms with Gasteiger partial charge in [0.05, 0.1) is 0 Å². The van der Waals surface area contributed by atoms with Gasteiger partial charge in [-0.15, -0.1) is 0 Å². The topological polar surface area (TPSA) is 26.0 Å². The second kappa shape index (κ2) is 2.53. The van der Waals surface area contributed by atoms with E-state index in [0.29, 0.717) is 0 Å². The zero-order valence-electron chi connectivity index (χ0n) is 9.52. The normalized spacial score (nSPS) is 22.0. The second-order valence-corrected chi connectivity index (χ2v) is 5.71. The molecule has 14 heavy (non-hydrogen) atoms. The standard InChI is InChI=1S/C13H19N/c1-12(2)8-13(3,4)11-9(12)6-5-7-10(11)14/h5-7H,8,14H2,1-4H3. The van der Waals surface area contributed by atoms with Crippen molar-refractivity contribution in [3.05, 3.63) is 29.3 Å². The van der Waals surface area contributed by atoms with Crippen LogP contribution < -0.4 is 5.73 Å². The summed E-state index contributed by atoms with van der Waals surface area (Å²) in [5, 5.41) is 0. The Morgan fingerprint density at radius 3 is 2.29 bits per heavy atom. The van der Waals surface area contributed by atoms with E-state index in [1.165, 1.54) is 17.5 Å². The number of rotatable bonds is 0.